The summed E-state index contributed by atoms with van der Waals surface area (Å²) in [6, 6.07) is 11.3. The quantitative estimate of drug-likeness (QED) is 0.634. The lowest BCUT2D eigenvalue weighted by atomic mass is 10.2. The third kappa shape index (κ3) is 4.10. The molecule has 0 aliphatic rings. The fourth-order valence-electron chi connectivity index (χ4n) is 2.24. The van der Waals surface area contributed by atoms with Gasteiger partial charge in [-0.15, -0.1) is 0 Å². The SMILES string of the molecule is Cc1cc(Nc2ccc(C(=O)O)cc2)nc(Nc2ccc(F)c(F)c2)n1. The van der Waals surface area contributed by atoms with Crippen LogP contribution in [-0.2, 0) is 0 Å². The molecule has 2 aromatic carbocycles. The monoisotopic (exact) mass is 356 g/mol. The lowest BCUT2D eigenvalue weighted by molar-refractivity contribution is 0.0697. The van der Waals surface area contributed by atoms with Crippen LogP contribution in [0.2, 0.25) is 0 Å². The van der Waals surface area contributed by atoms with Crippen LogP contribution in [0.1, 0.15) is 16.1 Å². The highest BCUT2D eigenvalue weighted by Crippen LogP contribution is 2.20. The number of hydrogen-bond acceptors (Lipinski definition) is 5. The number of aromatic carboxylic acids is 1. The van der Waals surface area contributed by atoms with E-state index < -0.39 is 17.6 Å². The Morgan fingerprint density at radius 3 is 2.27 bits per heavy atom. The van der Waals surface area contributed by atoms with Crippen LogP contribution in [-0.4, -0.2) is 21.0 Å². The number of anilines is 4. The predicted molar refractivity (Wildman–Crippen MR) is 93.1 cm³/mol. The Labute approximate surface area is 147 Å². The van der Waals surface area contributed by atoms with Crippen molar-refractivity contribution in [2.45, 2.75) is 6.92 Å². The summed E-state index contributed by atoms with van der Waals surface area (Å²) in [6.45, 7) is 1.76. The summed E-state index contributed by atoms with van der Waals surface area (Å²) in [7, 11) is 0. The van der Waals surface area contributed by atoms with E-state index in [1.165, 1.54) is 18.2 Å². The van der Waals surface area contributed by atoms with Gasteiger partial charge >= 0.3 is 5.97 Å². The highest BCUT2D eigenvalue weighted by molar-refractivity contribution is 5.88. The van der Waals surface area contributed by atoms with Crippen LogP contribution < -0.4 is 10.6 Å². The molecule has 0 fully saturated rings. The van der Waals surface area contributed by atoms with E-state index in [9.17, 15) is 13.6 Å². The summed E-state index contributed by atoms with van der Waals surface area (Å²) in [5, 5.41) is 14.8. The number of carboxylic acids is 1. The summed E-state index contributed by atoms with van der Waals surface area (Å²) >= 11 is 0. The Balaban J connectivity index is 1.80. The van der Waals surface area contributed by atoms with Gasteiger partial charge in [-0.1, -0.05) is 0 Å². The number of halogens is 2. The minimum atomic E-state index is -1.01. The lowest BCUT2D eigenvalue weighted by Gasteiger charge is -2.10. The van der Waals surface area contributed by atoms with Crippen LogP contribution in [0.3, 0.4) is 0 Å². The topological polar surface area (TPSA) is 87.1 Å². The summed E-state index contributed by atoms with van der Waals surface area (Å²) in [5.41, 5.74) is 1.78. The molecule has 1 aromatic heterocycles. The number of benzene rings is 2. The van der Waals surface area contributed by atoms with Gasteiger partial charge in [0.2, 0.25) is 5.95 Å². The highest BCUT2D eigenvalue weighted by atomic mass is 19.2. The lowest BCUT2D eigenvalue weighted by Crippen LogP contribution is -2.03. The average Bonchev–Trinajstić information content (AvgIpc) is 2.58. The fraction of sp³-hybridized carbons (Fsp3) is 0.0556. The first-order valence-electron chi connectivity index (χ1n) is 7.59. The normalized spacial score (nSPS) is 10.4. The van der Waals surface area contributed by atoms with E-state index in [1.54, 1.807) is 25.1 Å². The third-order valence-electron chi connectivity index (χ3n) is 3.43. The maximum Gasteiger partial charge on any atom is 0.335 e. The Bertz CT molecular complexity index is 962. The van der Waals surface area contributed by atoms with E-state index in [4.69, 9.17) is 5.11 Å². The van der Waals surface area contributed by atoms with Crippen LogP contribution in [0.4, 0.5) is 31.9 Å². The van der Waals surface area contributed by atoms with Crippen molar-refractivity contribution in [1.29, 1.82) is 0 Å². The van der Waals surface area contributed by atoms with E-state index in [2.05, 4.69) is 20.6 Å². The van der Waals surface area contributed by atoms with Crippen molar-refractivity contribution in [2.75, 3.05) is 10.6 Å². The number of carbonyl (C=O) groups is 1. The first-order valence-corrected chi connectivity index (χ1v) is 7.59. The van der Waals surface area contributed by atoms with Gasteiger partial charge in [-0.25, -0.2) is 18.6 Å². The van der Waals surface area contributed by atoms with Crippen molar-refractivity contribution >= 4 is 29.1 Å². The predicted octanol–water partition coefficient (Wildman–Crippen LogP) is 4.25. The van der Waals surface area contributed by atoms with Crippen LogP contribution >= 0.6 is 0 Å². The molecule has 0 bridgehead atoms. The second-order valence-corrected chi connectivity index (χ2v) is 5.48. The number of hydrogen-bond donors (Lipinski definition) is 3. The Morgan fingerprint density at radius 1 is 0.923 bits per heavy atom. The van der Waals surface area contributed by atoms with E-state index >= 15 is 0 Å². The Hall–Kier alpha value is -3.55. The molecular weight excluding hydrogens is 342 g/mol. The molecule has 0 atom stereocenters. The zero-order valence-electron chi connectivity index (χ0n) is 13.6. The van der Waals surface area contributed by atoms with E-state index in [0.717, 1.165) is 12.1 Å². The second kappa shape index (κ2) is 7.14. The molecule has 3 aromatic rings. The highest BCUT2D eigenvalue weighted by Gasteiger charge is 2.07. The Kier molecular flexibility index (Phi) is 4.74. The van der Waals surface area contributed by atoms with Gasteiger partial charge in [0.25, 0.3) is 0 Å². The molecule has 0 aliphatic heterocycles. The van der Waals surface area contributed by atoms with E-state index in [0.29, 0.717) is 22.9 Å². The zero-order valence-corrected chi connectivity index (χ0v) is 13.6. The first-order chi connectivity index (χ1) is 12.4. The maximum absolute atomic E-state index is 13.3. The summed E-state index contributed by atoms with van der Waals surface area (Å²) in [6.07, 6.45) is 0. The van der Waals surface area contributed by atoms with Crippen LogP contribution in [0, 0.1) is 18.6 Å². The van der Waals surface area contributed by atoms with Crippen molar-refractivity contribution in [1.82, 2.24) is 9.97 Å². The van der Waals surface area contributed by atoms with Gasteiger partial charge in [0.1, 0.15) is 5.82 Å². The molecule has 1 heterocycles. The van der Waals surface area contributed by atoms with Crippen molar-refractivity contribution in [3.8, 4) is 0 Å². The summed E-state index contributed by atoms with van der Waals surface area (Å²) in [5.74, 6) is -2.24. The summed E-state index contributed by atoms with van der Waals surface area (Å²) < 4.78 is 26.3. The van der Waals surface area contributed by atoms with Gasteiger partial charge in [-0.2, -0.15) is 4.98 Å². The van der Waals surface area contributed by atoms with Gasteiger partial charge in [-0.05, 0) is 43.3 Å². The van der Waals surface area contributed by atoms with Gasteiger partial charge in [0, 0.05) is 29.2 Å². The first kappa shape index (κ1) is 17.3. The molecule has 0 aliphatic carbocycles. The van der Waals surface area contributed by atoms with Crippen LogP contribution in [0.25, 0.3) is 0 Å². The molecule has 26 heavy (non-hydrogen) atoms. The smallest absolute Gasteiger partial charge is 0.335 e. The van der Waals surface area contributed by atoms with Gasteiger partial charge in [0.05, 0.1) is 5.56 Å². The Morgan fingerprint density at radius 2 is 1.62 bits per heavy atom. The molecule has 0 spiro atoms. The number of aryl methyl sites for hydroxylation is 1. The molecule has 8 heteroatoms. The molecule has 3 rings (SSSR count). The molecule has 0 unspecified atom stereocenters. The van der Waals surface area contributed by atoms with E-state index in [1.807, 2.05) is 0 Å². The fourth-order valence-corrected chi connectivity index (χ4v) is 2.24. The van der Waals surface area contributed by atoms with Crippen molar-refractivity contribution < 1.29 is 18.7 Å². The van der Waals surface area contributed by atoms with Gasteiger partial charge in [-0.3, -0.25) is 0 Å². The number of nitrogens with zero attached hydrogens (tertiary/aromatic N) is 2. The molecule has 0 radical (unpaired) electrons. The average molecular weight is 356 g/mol. The minimum absolute atomic E-state index is 0.176. The molecular formula is C18H14F2N4O2. The third-order valence-corrected chi connectivity index (χ3v) is 3.43. The standard InChI is InChI=1S/C18H14F2N4O2/c1-10-8-16(22-12-4-2-11(3-5-12)17(25)26)24-18(21-10)23-13-6-7-14(19)15(20)9-13/h2-9H,1H3,(H,25,26)(H2,21,22,23,24). The second-order valence-electron chi connectivity index (χ2n) is 5.48. The summed E-state index contributed by atoms with van der Waals surface area (Å²) in [4.78, 5) is 19.4. The van der Waals surface area contributed by atoms with Crippen LogP contribution in [0.5, 0.6) is 0 Å². The molecule has 3 N–H and O–H groups in total. The molecule has 0 saturated heterocycles. The minimum Gasteiger partial charge on any atom is -0.478 e. The van der Waals surface area contributed by atoms with E-state index in [-0.39, 0.29) is 11.5 Å². The number of nitrogens with one attached hydrogen (secondary N) is 2. The molecule has 0 amide bonds. The molecule has 6 nitrogen and oxygen atoms in total. The number of rotatable bonds is 5. The zero-order chi connectivity index (χ0) is 18.7. The largest absolute Gasteiger partial charge is 0.478 e. The van der Waals surface area contributed by atoms with Gasteiger partial charge < -0.3 is 15.7 Å². The van der Waals surface area contributed by atoms with Gasteiger partial charge in [0.15, 0.2) is 11.6 Å². The van der Waals surface area contributed by atoms with Crippen LogP contribution in [0.15, 0.2) is 48.5 Å². The van der Waals surface area contributed by atoms with Crippen molar-refractivity contribution in [2.24, 2.45) is 0 Å². The number of aromatic nitrogens is 2. The molecule has 0 saturated carbocycles. The number of carboxylic acid groups (broad SMARTS) is 1. The van der Waals surface area contributed by atoms with Crippen molar-refractivity contribution in [3.05, 3.63) is 71.4 Å². The maximum atomic E-state index is 13.3. The van der Waals surface area contributed by atoms with Crippen molar-refractivity contribution in [3.63, 3.8) is 0 Å². The molecule has 132 valence electrons.